The lowest BCUT2D eigenvalue weighted by Crippen LogP contribution is -2.45. The van der Waals surface area contributed by atoms with Crippen LogP contribution < -0.4 is 14.8 Å². The van der Waals surface area contributed by atoms with Crippen molar-refractivity contribution in [3.63, 3.8) is 0 Å². The zero-order valence-electron chi connectivity index (χ0n) is 14.0. The number of ether oxygens (including phenoxy) is 2. The molecule has 1 amide bonds. The Balaban J connectivity index is 2.12. The Morgan fingerprint density at radius 2 is 1.91 bits per heavy atom. The maximum atomic E-state index is 12.5. The summed E-state index contributed by atoms with van der Waals surface area (Å²) in [5.74, 6) is 2.28. The van der Waals surface area contributed by atoms with Crippen LogP contribution in [0.5, 0.6) is 11.5 Å². The van der Waals surface area contributed by atoms with E-state index in [1.54, 1.807) is 25.3 Å². The molecule has 122 valence electrons. The van der Waals surface area contributed by atoms with Gasteiger partial charge in [0.1, 0.15) is 0 Å². The topological polar surface area (TPSA) is 47.6 Å². The van der Waals surface area contributed by atoms with Gasteiger partial charge in [-0.1, -0.05) is 20.3 Å². The molecule has 2 unspecified atom stereocenters. The Hall–Kier alpha value is -1.71. The summed E-state index contributed by atoms with van der Waals surface area (Å²) in [5.41, 5.74) is 0.616. The summed E-state index contributed by atoms with van der Waals surface area (Å²) in [6.07, 6.45) is 3.62. The number of rotatable bonds is 5. The summed E-state index contributed by atoms with van der Waals surface area (Å²) in [4.78, 5) is 12.5. The Labute approximate surface area is 133 Å². The minimum Gasteiger partial charge on any atom is -0.493 e. The lowest BCUT2D eigenvalue weighted by molar-refractivity contribution is 0.0880. The fraction of sp³-hybridized carbons (Fsp3) is 0.611. The lowest BCUT2D eigenvalue weighted by atomic mass is 9.78. The van der Waals surface area contributed by atoms with Crippen molar-refractivity contribution in [3.05, 3.63) is 23.8 Å². The highest BCUT2D eigenvalue weighted by Crippen LogP contribution is 2.30. The molecule has 0 aliphatic heterocycles. The third kappa shape index (κ3) is 3.73. The molecule has 1 saturated carbocycles. The largest absolute Gasteiger partial charge is 0.493 e. The van der Waals surface area contributed by atoms with E-state index < -0.39 is 0 Å². The Morgan fingerprint density at radius 1 is 1.23 bits per heavy atom. The Morgan fingerprint density at radius 3 is 2.50 bits per heavy atom. The van der Waals surface area contributed by atoms with Crippen molar-refractivity contribution in [2.45, 2.75) is 46.1 Å². The van der Waals surface area contributed by atoms with Crippen LogP contribution in [0.15, 0.2) is 18.2 Å². The molecule has 22 heavy (non-hydrogen) atoms. The van der Waals surface area contributed by atoms with Crippen LogP contribution in [-0.2, 0) is 0 Å². The summed E-state index contributed by atoms with van der Waals surface area (Å²) in [6.45, 7) is 6.93. The van der Waals surface area contributed by atoms with Crippen molar-refractivity contribution in [1.82, 2.24) is 5.32 Å². The normalized spacial score (nSPS) is 24.6. The third-order valence-corrected chi connectivity index (χ3v) is 4.57. The molecular formula is C18H27NO3. The fourth-order valence-corrected chi connectivity index (χ4v) is 3.28. The van der Waals surface area contributed by atoms with Gasteiger partial charge < -0.3 is 14.8 Å². The minimum absolute atomic E-state index is 0.0352. The number of nitrogens with one attached hydrogen (secondary N) is 1. The van der Waals surface area contributed by atoms with Gasteiger partial charge in [-0.3, -0.25) is 4.79 Å². The van der Waals surface area contributed by atoms with Gasteiger partial charge in [-0.2, -0.15) is 0 Å². The third-order valence-electron chi connectivity index (χ3n) is 4.57. The van der Waals surface area contributed by atoms with Crippen molar-refractivity contribution >= 4 is 5.91 Å². The van der Waals surface area contributed by atoms with Crippen molar-refractivity contribution < 1.29 is 14.3 Å². The zero-order chi connectivity index (χ0) is 16.1. The molecule has 2 rings (SSSR count). The standard InChI is InChI=1S/C18H27NO3/c1-5-22-15-10-9-14(11-16(15)21-4)18(20)19-17-12(2)7-6-8-13(17)3/h9-13,17H,5-8H2,1-4H3,(H,19,20). The van der Waals surface area contributed by atoms with Crippen molar-refractivity contribution in [1.29, 1.82) is 0 Å². The van der Waals surface area contributed by atoms with Crippen LogP contribution >= 0.6 is 0 Å². The summed E-state index contributed by atoms with van der Waals surface area (Å²) in [7, 11) is 1.59. The van der Waals surface area contributed by atoms with Gasteiger partial charge in [0.15, 0.2) is 11.5 Å². The molecule has 2 atom stereocenters. The molecule has 0 aromatic heterocycles. The SMILES string of the molecule is CCOc1ccc(C(=O)NC2C(C)CCCC2C)cc1OC. The average Bonchev–Trinajstić information content (AvgIpc) is 2.51. The van der Waals surface area contributed by atoms with Crippen molar-refractivity contribution in [2.24, 2.45) is 11.8 Å². The van der Waals surface area contributed by atoms with Crippen LogP contribution in [0.3, 0.4) is 0 Å². The number of hydrogen-bond acceptors (Lipinski definition) is 3. The van der Waals surface area contributed by atoms with Crippen LogP contribution in [-0.4, -0.2) is 25.7 Å². The van der Waals surface area contributed by atoms with Gasteiger partial charge in [0.05, 0.1) is 13.7 Å². The lowest BCUT2D eigenvalue weighted by Gasteiger charge is -2.35. The number of carbonyl (C=O) groups is 1. The van der Waals surface area contributed by atoms with E-state index in [9.17, 15) is 4.79 Å². The van der Waals surface area contributed by atoms with Gasteiger partial charge in [0.25, 0.3) is 5.91 Å². The Bertz CT molecular complexity index is 505. The molecule has 1 aromatic carbocycles. The number of hydrogen-bond donors (Lipinski definition) is 1. The van der Waals surface area contributed by atoms with E-state index in [4.69, 9.17) is 9.47 Å². The smallest absolute Gasteiger partial charge is 0.251 e. The quantitative estimate of drug-likeness (QED) is 0.903. The van der Waals surface area contributed by atoms with E-state index in [0.717, 1.165) is 0 Å². The molecule has 4 nitrogen and oxygen atoms in total. The summed E-state index contributed by atoms with van der Waals surface area (Å²) in [5, 5.41) is 3.20. The summed E-state index contributed by atoms with van der Waals surface area (Å²) in [6, 6.07) is 5.59. The first-order chi connectivity index (χ1) is 10.6. The van der Waals surface area contributed by atoms with Crippen molar-refractivity contribution in [3.8, 4) is 11.5 Å². The number of carbonyl (C=O) groups excluding carboxylic acids is 1. The van der Waals surface area contributed by atoms with Crippen LogP contribution in [0, 0.1) is 11.8 Å². The molecule has 1 N–H and O–H groups in total. The monoisotopic (exact) mass is 305 g/mol. The average molecular weight is 305 g/mol. The molecule has 0 bridgehead atoms. The fourth-order valence-electron chi connectivity index (χ4n) is 3.28. The van der Waals surface area contributed by atoms with Crippen LogP contribution in [0.2, 0.25) is 0 Å². The molecule has 1 aromatic rings. The van der Waals surface area contributed by atoms with E-state index in [1.807, 2.05) is 6.92 Å². The van der Waals surface area contributed by atoms with Gasteiger partial charge in [-0.15, -0.1) is 0 Å². The molecular weight excluding hydrogens is 278 g/mol. The summed E-state index contributed by atoms with van der Waals surface area (Å²) >= 11 is 0. The highest BCUT2D eigenvalue weighted by molar-refractivity contribution is 5.95. The van der Waals surface area contributed by atoms with Crippen LogP contribution in [0.1, 0.15) is 50.4 Å². The molecule has 4 heteroatoms. The summed E-state index contributed by atoms with van der Waals surface area (Å²) < 4.78 is 10.8. The zero-order valence-corrected chi connectivity index (χ0v) is 14.0. The maximum absolute atomic E-state index is 12.5. The van der Waals surface area contributed by atoms with E-state index >= 15 is 0 Å². The molecule has 1 aliphatic rings. The van der Waals surface area contributed by atoms with Crippen LogP contribution in [0.4, 0.5) is 0 Å². The second-order valence-electron chi connectivity index (χ2n) is 6.18. The van der Waals surface area contributed by atoms with E-state index in [2.05, 4.69) is 19.2 Å². The van der Waals surface area contributed by atoms with Gasteiger partial charge in [-0.25, -0.2) is 0 Å². The van der Waals surface area contributed by atoms with Gasteiger partial charge in [0.2, 0.25) is 0 Å². The molecule has 1 fully saturated rings. The van der Waals surface area contributed by atoms with Crippen molar-refractivity contribution in [2.75, 3.05) is 13.7 Å². The second kappa shape index (κ2) is 7.52. The van der Waals surface area contributed by atoms with Crippen LogP contribution in [0.25, 0.3) is 0 Å². The van der Waals surface area contributed by atoms with Gasteiger partial charge in [-0.05, 0) is 49.8 Å². The number of benzene rings is 1. The first kappa shape index (κ1) is 16.7. The number of amides is 1. The molecule has 1 aliphatic carbocycles. The van der Waals surface area contributed by atoms with Gasteiger partial charge in [0, 0.05) is 11.6 Å². The van der Waals surface area contributed by atoms with E-state index in [-0.39, 0.29) is 11.9 Å². The highest BCUT2D eigenvalue weighted by Gasteiger charge is 2.29. The maximum Gasteiger partial charge on any atom is 0.251 e. The molecule has 0 spiro atoms. The number of methoxy groups -OCH3 is 1. The first-order valence-electron chi connectivity index (χ1n) is 8.18. The Kier molecular flexibility index (Phi) is 5.69. The highest BCUT2D eigenvalue weighted by atomic mass is 16.5. The molecule has 0 radical (unpaired) electrons. The second-order valence-corrected chi connectivity index (χ2v) is 6.18. The first-order valence-corrected chi connectivity index (χ1v) is 8.18. The predicted octanol–water partition coefficient (Wildman–Crippen LogP) is 3.65. The predicted molar refractivity (Wildman–Crippen MR) is 87.6 cm³/mol. The molecule has 0 heterocycles. The minimum atomic E-state index is -0.0352. The van der Waals surface area contributed by atoms with E-state index in [0.29, 0.717) is 35.5 Å². The van der Waals surface area contributed by atoms with Gasteiger partial charge >= 0.3 is 0 Å². The van der Waals surface area contributed by atoms with E-state index in [1.165, 1.54) is 19.3 Å². The molecule has 0 saturated heterocycles.